The number of hydrogen-bond donors (Lipinski definition) is 0. The number of ether oxygens (including phenoxy) is 1. The Hall–Kier alpha value is -3.34. The molecule has 5 nitrogen and oxygen atoms in total. The standard InChI is InChI=1S/C22H18O5/c1-3-14-4-6-18-15(10-22(24)26-19(18)9-14)12-25-16-5-7-17-13(2)8-21(23)27-20(17)11-16/h4-11H,3,12H2,1-2H3. The maximum absolute atomic E-state index is 11.9. The van der Waals surface area contributed by atoms with Crippen LogP contribution in [0.15, 0.2) is 67.0 Å². The van der Waals surface area contributed by atoms with Crippen LogP contribution >= 0.6 is 0 Å². The second-order valence-corrected chi connectivity index (χ2v) is 6.47. The molecular weight excluding hydrogens is 344 g/mol. The summed E-state index contributed by atoms with van der Waals surface area (Å²) < 4.78 is 16.4. The monoisotopic (exact) mass is 362 g/mol. The summed E-state index contributed by atoms with van der Waals surface area (Å²) >= 11 is 0. The maximum atomic E-state index is 11.9. The minimum Gasteiger partial charge on any atom is -0.489 e. The molecule has 0 aliphatic rings. The van der Waals surface area contributed by atoms with Crippen molar-refractivity contribution in [2.45, 2.75) is 26.9 Å². The van der Waals surface area contributed by atoms with Crippen LogP contribution in [0, 0.1) is 6.92 Å². The van der Waals surface area contributed by atoms with Gasteiger partial charge in [-0.3, -0.25) is 0 Å². The van der Waals surface area contributed by atoms with Gasteiger partial charge in [0.05, 0.1) is 0 Å². The highest BCUT2D eigenvalue weighted by Gasteiger charge is 2.09. The fourth-order valence-electron chi connectivity index (χ4n) is 3.17. The van der Waals surface area contributed by atoms with Gasteiger partial charge in [-0.15, -0.1) is 0 Å². The van der Waals surface area contributed by atoms with E-state index >= 15 is 0 Å². The van der Waals surface area contributed by atoms with Crippen molar-refractivity contribution < 1.29 is 13.6 Å². The first-order chi connectivity index (χ1) is 13.0. The summed E-state index contributed by atoms with van der Waals surface area (Å²) in [5, 5.41) is 1.70. The first-order valence-electron chi connectivity index (χ1n) is 8.76. The quantitative estimate of drug-likeness (QED) is 0.505. The Morgan fingerprint density at radius 2 is 1.56 bits per heavy atom. The number of aryl methyl sites for hydroxylation is 2. The zero-order valence-electron chi connectivity index (χ0n) is 15.1. The molecule has 2 heterocycles. The molecule has 0 unspecified atom stereocenters. The molecule has 0 atom stereocenters. The molecule has 4 rings (SSSR count). The van der Waals surface area contributed by atoms with Crippen molar-refractivity contribution in [3.8, 4) is 5.75 Å². The van der Waals surface area contributed by atoms with Crippen LogP contribution in [-0.4, -0.2) is 0 Å². The molecule has 136 valence electrons. The van der Waals surface area contributed by atoms with Crippen molar-refractivity contribution in [2.24, 2.45) is 0 Å². The first-order valence-corrected chi connectivity index (χ1v) is 8.76. The van der Waals surface area contributed by atoms with Crippen LogP contribution in [0.4, 0.5) is 0 Å². The summed E-state index contributed by atoms with van der Waals surface area (Å²) in [5.41, 5.74) is 2.93. The van der Waals surface area contributed by atoms with Crippen molar-refractivity contribution in [2.75, 3.05) is 0 Å². The third-order valence-corrected chi connectivity index (χ3v) is 4.62. The summed E-state index contributed by atoms with van der Waals surface area (Å²) in [4.78, 5) is 23.5. The van der Waals surface area contributed by atoms with E-state index in [1.807, 2.05) is 44.2 Å². The van der Waals surface area contributed by atoms with E-state index in [4.69, 9.17) is 13.6 Å². The minimum absolute atomic E-state index is 0.203. The van der Waals surface area contributed by atoms with E-state index in [0.29, 0.717) is 16.9 Å². The lowest BCUT2D eigenvalue weighted by Crippen LogP contribution is -2.04. The Labute approximate surface area is 154 Å². The normalized spacial score (nSPS) is 11.2. The van der Waals surface area contributed by atoms with Gasteiger partial charge in [-0.1, -0.05) is 19.1 Å². The Morgan fingerprint density at radius 1 is 0.852 bits per heavy atom. The van der Waals surface area contributed by atoms with Gasteiger partial charge in [0.15, 0.2) is 0 Å². The number of hydrogen-bond acceptors (Lipinski definition) is 5. The van der Waals surface area contributed by atoms with Gasteiger partial charge in [-0.25, -0.2) is 9.59 Å². The van der Waals surface area contributed by atoms with Crippen LogP contribution < -0.4 is 16.0 Å². The molecule has 0 fully saturated rings. The maximum Gasteiger partial charge on any atom is 0.336 e. The lowest BCUT2D eigenvalue weighted by molar-refractivity contribution is 0.306. The van der Waals surface area contributed by atoms with Crippen LogP contribution in [0.2, 0.25) is 0 Å². The molecular formula is C22H18O5. The van der Waals surface area contributed by atoms with Gasteiger partial charge in [-0.05, 0) is 42.7 Å². The van der Waals surface area contributed by atoms with Gasteiger partial charge < -0.3 is 13.6 Å². The van der Waals surface area contributed by atoms with Crippen molar-refractivity contribution >= 4 is 21.9 Å². The molecule has 0 aliphatic carbocycles. The molecule has 0 amide bonds. The van der Waals surface area contributed by atoms with E-state index in [1.165, 1.54) is 12.1 Å². The van der Waals surface area contributed by atoms with Gasteiger partial charge >= 0.3 is 11.3 Å². The lowest BCUT2D eigenvalue weighted by Gasteiger charge is -2.10. The largest absolute Gasteiger partial charge is 0.489 e. The average molecular weight is 362 g/mol. The van der Waals surface area contributed by atoms with Crippen LogP contribution in [0.25, 0.3) is 21.9 Å². The minimum atomic E-state index is -0.408. The molecule has 0 bridgehead atoms. The number of benzene rings is 2. The highest BCUT2D eigenvalue weighted by atomic mass is 16.5. The topological polar surface area (TPSA) is 69.7 Å². The molecule has 0 N–H and O–H groups in total. The second-order valence-electron chi connectivity index (χ2n) is 6.47. The van der Waals surface area contributed by atoms with Crippen LogP contribution in [0.5, 0.6) is 5.75 Å². The molecule has 2 aromatic carbocycles. The highest BCUT2D eigenvalue weighted by Crippen LogP contribution is 2.24. The van der Waals surface area contributed by atoms with Gasteiger partial charge in [-0.2, -0.15) is 0 Å². The molecule has 4 aromatic rings. The number of fused-ring (bicyclic) bond motifs is 2. The lowest BCUT2D eigenvalue weighted by atomic mass is 10.1. The van der Waals surface area contributed by atoms with Gasteiger partial charge in [0, 0.05) is 34.5 Å². The first kappa shape index (κ1) is 17.1. The second kappa shape index (κ2) is 6.76. The molecule has 0 saturated heterocycles. The molecule has 27 heavy (non-hydrogen) atoms. The molecule has 5 heteroatoms. The Morgan fingerprint density at radius 3 is 2.33 bits per heavy atom. The van der Waals surface area contributed by atoms with Crippen molar-refractivity contribution in [3.05, 3.63) is 86.1 Å². The predicted octanol–water partition coefficient (Wildman–Crippen LogP) is 4.35. The molecule has 0 saturated carbocycles. The van der Waals surface area contributed by atoms with E-state index in [1.54, 1.807) is 6.07 Å². The zero-order valence-corrected chi connectivity index (χ0v) is 15.1. The summed E-state index contributed by atoms with van der Waals surface area (Å²) in [5.74, 6) is 0.558. The number of rotatable bonds is 4. The smallest absolute Gasteiger partial charge is 0.336 e. The summed E-state index contributed by atoms with van der Waals surface area (Å²) in [6.45, 7) is 4.11. The Balaban J connectivity index is 1.68. The average Bonchev–Trinajstić information content (AvgIpc) is 2.64. The predicted molar refractivity (Wildman–Crippen MR) is 103 cm³/mol. The van der Waals surface area contributed by atoms with Gasteiger partial charge in [0.2, 0.25) is 0 Å². The Kier molecular flexibility index (Phi) is 4.28. The van der Waals surface area contributed by atoms with E-state index < -0.39 is 11.3 Å². The Bertz CT molecular complexity index is 1260. The zero-order chi connectivity index (χ0) is 19.0. The van der Waals surface area contributed by atoms with E-state index in [9.17, 15) is 9.59 Å². The van der Waals surface area contributed by atoms with Crippen molar-refractivity contribution in [1.29, 1.82) is 0 Å². The van der Waals surface area contributed by atoms with Crippen molar-refractivity contribution in [3.63, 3.8) is 0 Å². The van der Waals surface area contributed by atoms with Gasteiger partial charge in [0.25, 0.3) is 0 Å². The van der Waals surface area contributed by atoms with Crippen LogP contribution in [0.3, 0.4) is 0 Å². The SMILES string of the molecule is CCc1ccc2c(COc3ccc4c(C)cc(=O)oc4c3)cc(=O)oc2c1. The molecule has 0 aliphatic heterocycles. The van der Waals surface area contributed by atoms with E-state index in [2.05, 4.69) is 0 Å². The molecule has 0 radical (unpaired) electrons. The van der Waals surface area contributed by atoms with E-state index in [-0.39, 0.29) is 6.61 Å². The molecule has 2 aromatic heterocycles. The summed E-state index contributed by atoms with van der Waals surface area (Å²) in [7, 11) is 0. The van der Waals surface area contributed by atoms with Crippen molar-refractivity contribution in [1.82, 2.24) is 0 Å². The summed E-state index contributed by atoms with van der Waals surface area (Å²) in [6, 6.07) is 14.1. The third kappa shape index (κ3) is 3.36. The third-order valence-electron chi connectivity index (χ3n) is 4.62. The highest BCUT2D eigenvalue weighted by molar-refractivity contribution is 5.82. The molecule has 0 spiro atoms. The van der Waals surface area contributed by atoms with Crippen LogP contribution in [0.1, 0.15) is 23.6 Å². The fraction of sp³-hybridized carbons (Fsp3) is 0.182. The van der Waals surface area contributed by atoms with Gasteiger partial charge in [0.1, 0.15) is 23.5 Å². The van der Waals surface area contributed by atoms with Crippen LogP contribution in [-0.2, 0) is 13.0 Å². The summed E-state index contributed by atoms with van der Waals surface area (Å²) in [6.07, 6.45) is 0.863. The fourth-order valence-corrected chi connectivity index (χ4v) is 3.17. The van der Waals surface area contributed by atoms with E-state index in [0.717, 1.165) is 33.9 Å².